The van der Waals surface area contributed by atoms with Gasteiger partial charge in [0.2, 0.25) is 0 Å². The van der Waals surface area contributed by atoms with E-state index in [4.69, 9.17) is 0 Å². The van der Waals surface area contributed by atoms with E-state index in [-0.39, 0.29) is 12.1 Å². The summed E-state index contributed by atoms with van der Waals surface area (Å²) in [5.74, 6) is -0.523. The van der Waals surface area contributed by atoms with Gasteiger partial charge in [0.05, 0.1) is 11.1 Å². The third-order valence-corrected chi connectivity index (χ3v) is 2.70. The van der Waals surface area contributed by atoms with Gasteiger partial charge in [0.15, 0.2) is 0 Å². The molecule has 0 saturated carbocycles. The van der Waals surface area contributed by atoms with Crippen molar-refractivity contribution in [1.29, 1.82) is 0 Å². The molecular weight excluding hydrogens is 219 g/mol. The molecule has 0 saturated heterocycles. The lowest BCUT2D eigenvalue weighted by Gasteiger charge is -2.12. The van der Waals surface area contributed by atoms with E-state index in [0.29, 0.717) is 12.1 Å². The second-order valence-electron chi connectivity index (χ2n) is 3.66. The monoisotopic (exact) mass is 229 g/mol. The topological polar surface area (TPSA) is 20.3 Å². The molecule has 1 aliphatic rings. The van der Waals surface area contributed by atoms with Crippen molar-refractivity contribution in [2.75, 3.05) is 6.54 Å². The third kappa shape index (κ3) is 1.56. The third-order valence-electron chi connectivity index (χ3n) is 2.70. The molecule has 86 valence electrons. The van der Waals surface area contributed by atoms with E-state index in [0.717, 1.165) is 6.07 Å². The van der Waals surface area contributed by atoms with Crippen molar-refractivity contribution in [2.45, 2.75) is 19.6 Å². The van der Waals surface area contributed by atoms with E-state index in [1.807, 2.05) is 0 Å². The molecule has 0 N–H and O–H groups in total. The van der Waals surface area contributed by atoms with Gasteiger partial charge in [-0.3, -0.25) is 4.79 Å². The summed E-state index contributed by atoms with van der Waals surface area (Å²) in [5.41, 5.74) is -0.551. The Bertz CT molecular complexity index is 439. The van der Waals surface area contributed by atoms with E-state index < -0.39 is 17.6 Å². The Labute approximate surface area is 90.7 Å². The fourth-order valence-electron chi connectivity index (χ4n) is 1.91. The molecule has 2 rings (SSSR count). The summed E-state index contributed by atoms with van der Waals surface area (Å²) >= 11 is 0. The standard InChI is InChI=1S/C11H10F3NO/c1-2-15-6-7-4-3-5-8(11(12,13)14)9(7)10(15)16/h3-5H,2,6H2,1H3. The fraction of sp³-hybridized carbons (Fsp3) is 0.364. The smallest absolute Gasteiger partial charge is 0.335 e. The van der Waals surface area contributed by atoms with E-state index in [2.05, 4.69) is 0 Å². The molecule has 5 heteroatoms. The first-order valence-corrected chi connectivity index (χ1v) is 4.93. The maximum Gasteiger partial charge on any atom is 0.417 e. The Morgan fingerprint density at radius 2 is 2.06 bits per heavy atom. The van der Waals surface area contributed by atoms with Crippen LogP contribution in [0, 0.1) is 0 Å². The number of carbonyl (C=O) groups excluding carboxylic acids is 1. The largest absolute Gasteiger partial charge is 0.417 e. The number of hydrogen-bond donors (Lipinski definition) is 0. The highest BCUT2D eigenvalue weighted by Gasteiger charge is 2.39. The SMILES string of the molecule is CCN1Cc2cccc(C(F)(F)F)c2C1=O. The Balaban J connectivity index is 2.56. The van der Waals surface area contributed by atoms with Crippen LogP contribution >= 0.6 is 0 Å². The minimum absolute atomic E-state index is 0.183. The van der Waals surface area contributed by atoms with Gasteiger partial charge in [-0.1, -0.05) is 12.1 Å². The van der Waals surface area contributed by atoms with Crippen molar-refractivity contribution in [3.05, 3.63) is 34.9 Å². The lowest BCUT2D eigenvalue weighted by atomic mass is 10.0. The van der Waals surface area contributed by atoms with Gasteiger partial charge in [0.25, 0.3) is 5.91 Å². The predicted octanol–water partition coefficient (Wildman–Crippen LogP) is 2.68. The van der Waals surface area contributed by atoms with Crippen molar-refractivity contribution in [3.63, 3.8) is 0 Å². The van der Waals surface area contributed by atoms with Crippen molar-refractivity contribution >= 4 is 5.91 Å². The predicted molar refractivity (Wildman–Crippen MR) is 51.9 cm³/mol. The zero-order valence-corrected chi connectivity index (χ0v) is 8.64. The van der Waals surface area contributed by atoms with Crippen LogP contribution in [0.25, 0.3) is 0 Å². The number of alkyl halides is 3. The zero-order valence-electron chi connectivity index (χ0n) is 8.64. The summed E-state index contributed by atoms with van der Waals surface area (Å²) in [6.07, 6.45) is -4.47. The summed E-state index contributed by atoms with van der Waals surface area (Å²) in [7, 11) is 0. The minimum Gasteiger partial charge on any atom is -0.335 e. The van der Waals surface area contributed by atoms with Crippen LogP contribution in [-0.4, -0.2) is 17.4 Å². The van der Waals surface area contributed by atoms with Crippen LogP contribution in [0.15, 0.2) is 18.2 Å². The maximum atomic E-state index is 12.7. The molecule has 0 radical (unpaired) electrons. The van der Waals surface area contributed by atoms with Gasteiger partial charge in [-0.15, -0.1) is 0 Å². The number of fused-ring (bicyclic) bond motifs is 1. The normalized spacial score (nSPS) is 15.5. The number of amides is 1. The first-order chi connectivity index (χ1) is 7.45. The summed E-state index contributed by atoms with van der Waals surface area (Å²) in [6, 6.07) is 3.86. The summed E-state index contributed by atoms with van der Waals surface area (Å²) in [6.45, 7) is 2.44. The molecule has 1 amide bonds. The molecule has 2 nitrogen and oxygen atoms in total. The van der Waals surface area contributed by atoms with Crippen LogP contribution in [0.5, 0.6) is 0 Å². The molecule has 1 aromatic carbocycles. The zero-order chi connectivity index (χ0) is 11.9. The minimum atomic E-state index is -4.47. The Morgan fingerprint density at radius 3 is 2.62 bits per heavy atom. The Kier molecular flexibility index (Phi) is 2.40. The molecule has 16 heavy (non-hydrogen) atoms. The molecule has 0 atom stereocenters. The van der Waals surface area contributed by atoms with Crippen LogP contribution in [0.1, 0.15) is 28.4 Å². The molecule has 1 heterocycles. The van der Waals surface area contributed by atoms with Crippen molar-refractivity contribution in [1.82, 2.24) is 4.90 Å². The second-order valence-corrected chi connectivity index (χ2v) is 3.66. The van der Waals surface area contributed by atoms with Gasteiger partial charge in [-0.05, 0) is 18.6 Å². The van der Waals surface area contributed by atoms with Crippen LogP contribution in [0.2, 0.25) is 0 Å². The van der Waals surface area contributed by atoms with Crippen molar-refractivity contribution in [2.24, 2.45) is 0 Å². The first kappa shape index (κ1) is 11.0. The van der Waals surface area contributed by atoms with E-state index in [1.165, 1.54) is 11.0 Å². The number of halogens is 3. The van der Waals surface area contributed by atoms with E-state index in [1.54, 1.807) is 13.0 Å². The molecular formula is C11H10F3NO. The highest BCUT2D eigenvalue weighted by Crippen LogP contribution is 2.36. The molecule has 0 bridgehead atoms. The molecule has 0 aromatic heterocycles. The van der Waals surface area contributed by atoms with Crippen molar-refractivity contribution in [3.8, 4) is 0 Å². The second kappa shape index (κ2) is 3.50. The van der Waals surface area contributed by atoms with Gasteiger partial charge < -0.3 is 4.90 Å². The lowest BCUT2D eigenvalue weighted by molar-refractivity contribution is -0.137. The molecule has 0 aliphatic carbocycles. The number of rotatable bonds is 1. The van der Waals surface area contributed by atoms with Crippen molar-refractivity contribution < 1.29 is 18.0 Å². The average Bonchev–Trinajstić information content (AvgIpc) is 2.54. The van der Waals surface area contributed by atoms with Crippen LogP contribution < -0.4 is 0 Å². The maximum absolute atomic E-state index is 12.7. The molecule has 1 aromatic rings. The number of carbonyl (C=O) groups is 1. The Morgan fingerprint density at radius 1 is 1.38 bits per heavy atom. The summed E-state index contributed by atoms with van der Waals surface area (Å²) < 4.78 is 38.0. The highest BCUT2D eigenvalue weighted by molar-refractivity contribution is 5.99. The van der Waals surface area contributed by atoms with E-state index in [9.17, 15) is 18.0 Å². The fourth-order valence-corrected chi connectivity index (χ4v) is 1.91. The average molecular weight is 229 g/mol. The van der Waals surface area contributed by atoms with Gasteiger partial charge in [-0.25, -0.2) is 0 Å². The highest BCUT2D eigenvalue weighted by atomic mass is 19.4. The van der Waals surface area contributed by atoms with Crippen LogP contribution in [0.4, 0.5) is 13.2 Å². The first-order valence-electron chi connectivity index (χ1n) is 4.93. The lowest BCUT2D eigenvalue weighted by Crippen LogP contribution is -2.24. The summed E-state index contributed by atoms with van der Waals surface area (Å²) in [4.78, 5) is 13.1. The molecule has 0 spiro atoms. The van der Waals surface area contributed by atoms with Crippen LogP contribution in [0.3, 0.4) is 0 Å². The molecule has 0 fully saturated rings. The van der Waals surface area contributed by atoms with Gasteiger partial charge in [0.1, 0.15) is 0 Å². The quantitative estimate of drug-likeness (QED) is 0.725. The molecule has 1 aliphatic heterocycles. The van der Waals surface area contributed by atoms with Gasteiger partial charge in [0, 0.05) is 13.1 Å². The van der Waals surface area contributed by atoms with E-state index >= 15 is 0 Å². The molecule has 0 unspecified atom stereocenters. The number of benzene rings is 1. The Hall–Kier alpha value is -1.52. The number of nitrogens with zero attached hydrogens (tertiary/aromatic N) is 1. The van der Waals surface area contributed by atoms with Gasteiger partial charge in [-0.2, -0.15) is 13.2 Å². The van der Waals surface area contributed by atoms with Gasteiger partial charge >= 0.3 is 6.18 Å². The summed E-state index contributed by atoms with van der Waals surface area (Å²) in [5, 5.41) is 0. The van der Waals surface area contributed by atoms with Crippen LogP contribution in [-0.2, 0) is 12.7 Å². The number of hydrogen-bond acceptors (Lipinski definition) is 1.